The third kappa shape index (κ3) is 2.50. The number of rotatable bonds is 4. The van der Waals surface area contributed by atoms with E-state index in [0.717, 1.165) is 11.8 Å². The zero-order valence-corrected chi connectivity index (χ0v) is 10.7. The summed E-state index contributed by atoms with van der Waals surface area (Å²) in [5.74, 6) is 1.84. The Morgan fingerprint density at radius 3 is 2.21 bits per heavy atom. The fourth-order valence-corrected chi connectivity index (χ4v) is 2.74. The van der Waals surface area contributed by atoms with Gasteiger partial charge in [-0.2, -0.15) is 0 Å². The number of nitrogens with one attached hydrogen (secondary N) is 1. The lowest BCUT2D eigenvalue weighted by Gasteiger charge is -2.52. The van der Waals surface area contributed by atoms with E-state index in [1.807, 2.05) is 0 Å². The fourth-order valence-electron chi connectivity index (χ4n) is 2.74. The van der Waals surface area contributed by atoms with Crippen LogP contribution in [0.1, 0.15) is 54.4 Å². The summed E-state index contributed by atoms with van der Waals surface area (Å²) >= 11 is 0. The average molecular weight is 197 g/mol. The van der Waals surface area contributed by atoms with Crippen molar-refractivity contribution in [1.82, 2.24) is 5.32 Å². The zero-order chi connectivity index (χ0) is 10.9. The van der Waals surface area contributed by atoms with Crippen LogP contribution in [0.25, 0.3) is 0 Å². The molecule has 1 aliphatic carbocycles. The van der Waals surface area contributed by atoms with Gasteiger partial charge in [0.1, 0.15) is 0 Å². The van der Waals surface area contributed by atoms with Gasteiger partial charge in [-0.05, 0) is 37.0 Å². The van der Waals surface area contributed by atoms with Crippen molar-refractivity contribution >= 4 is 0 Å². The van der Waals surface area contributed by atoms with Crippen molar-refractivity contribution in [3.8, 4) is 0 Å². The first-order chi connectivity index (χ1) is 6.34. The molecule has 1 aliphatic rings. The quantitative estimate of drug-likeness (QED) is 0.728. The van der Waals surface area contributed by atoms with Gasteiger partial charge in [0.05, 0.1) is 0 Å². The lowest BCUT2D eigenvalue weighted by Crippen LogP contribution is -2.46. The smallest absolute Gasteiger partial charge is 0.00439 e. The minimum atomic E-state index is 0.576. The Balaban J connectivity index is 2.32. The molecule has 1 fully saturated rings. The summed E-state index contributed by atoms with van der Waals surface area (Å²) in [6, 6.07) is 1.29. The summed E-state index contributed by atoms with van der Waals surface area (Å²) in [4.78, 5) is 0. The first kappa shape index (κ1) is 12.0. The molecule has 1 rings (SSSR count). The molecular formula is C13H27N. The maximum absolute atomic E-state index is 3.59. The van der Waals surface area contributed by atoms with Gasteiger partial charge in [0, 0.05) is 12.1 Å². The van der Waals surface area contributed by atoms with Crippen LogP contribution in [0.4, 0.5) is 0 Å². The molecule has 1 N–H and O–H groups in total. The molecule has 0 aromatic heterocycles. The van der Waals surface area contributed by atoms with Crippen LogP contribution in [0, 0.1) is 17.3 Å². The monoisotopic (exact) mass is 197 g/mol. The third-order valence-corrected chi connectivity index (χ3v) is 4.22. The van der Waals surface area contributed by atoms with Gasteiger partial charge in [0.15, 0.2) is 0 Å². The zero-order valence-electron chi connectivity index (χ0n) is 10.7. The minimum absolute atomic E-state index is 0.576. The molecule has 3 atom stereocenters. The second-order valence-corrected chi connectivity index (χ2v) is 6.11. The van der Waals surface area contributed by atoms with Gasteiger partial charge in [0.2, 0.25) is 0 Å². The molecule has 0 aromatic rings. The minimum Gasteiger partial charge on any atom is -0.312 e. The van der Waals surface area contributed by atoms with Gasteiger partial charge < -0.3 is 5.32 Å². The standard InChI is InChI=1S/C13H27N/c1-9(2)14-11(4)8-12-7-10(3)13(12,5)6/h9-12,14H,7-8H2,1-6H3. The normalized spacial score (nSPS) is 32.8. The second kappa shape index (κ2) is 4.22. The predicted molar refractivity (Wildman–Crippen MR) is 63.4 cm³/mol. The van der Waals surface area contributed by atoms with Crippen LogP contribution in [0.5, 0.6) is 0 Å². The van der Waals surface area contributed by atoms with Crippen molar-refractivity contribution in [1.29, 1.82) is 0 Å². The molecule has 0 amide bonds. The van der Waals surface area contributed by atoms with Crippen LogP contribution in [0.2, 0.25) is 0 Å². The molecule has 1 saturated carbocycles. The predicted octanol–water partition coefficient (Wildman–Crippen LogP) is 3.45. The van der Waals surface area contributed by atoms with E-state index < -0.39 is 0 Å². The van der Waals surface area contributed by atoms with Gasteiger partial charge in [0.25, 0.3) is 0 Å². The van der Waals surface area contributed by atoms with Crippen LogP contribution in [-0.2, 0) is 0 Å². The Labute approximate surface area is 89.7 Å². The highest BCUT2D eigenvalue weighted by atomic mass is 14.9. The molecule has 1 nitrogen and oxygen atoms in total. The summed E-state index contributed by atoms with van der Waals surface area (Å²) in [5.41, 5.74) is 0.576. The highest BCUT2D eigenvalue weighted by Crippen LogP contribution is 2.52. The van der Waals surface area contributed by atoms with Gasteiger partial charge in [-0.25, -0.2) is 0 Å². The summed E-state index contributed by atoms with van der Waals surface area (Å²) in [7, 11) is 0. The maximum Gasteiger partial charge on any atom is 0.00439 e. The van der Waals surface area contributed by atoms with E-state index in [9.17, 15) is 0 Å². The Hall–Kier alpha value is -0.0400. The second-order valence-electron chi connectivity index (χ2n) is 6.11. The van der Waals surface area contributed by atoms with Gasteiger partial charge in [-0.3, -0.25) is 0 Å². The number of hydrogen-bond acceptors (Lipinski definition) is 1. The molecule has 0 bridgehead atoms. The molecule has 0 saturated heterocycles. The van der Waals surface area contributed by atoms with E-state index in [4.69, 9.17) is 0 Å². The summed E-state index contributed by atoms with van der Waals surface area (Å²) in [6.45, 7) is 14.0. The third-order valence-electron chi connectivity index (χ3n) is 4.22. The lowest BCUT2D eigenvalue weighted by atomic mass is 9.54. The van der Waals surface area contributed by atoms with E-state index in [-0.39, 0.29) is 0 Å². The van der Waals surface area contributed by atoms with Crippen molar-refractivity contribution < 1.29 is 0 Å². The van der Waals surface area contributed by atoms with Crippen molar-refractivity contribution in [2.75, 3.05) is 0 Å². The molecule has 84 valence electrons. The molecular weight excluding hydrogens is 170 g/mol. The molecule has 0 aromatic carbocycles. The Morgan fingerprint density at radius 2 is 1.86 bits per heavy atom. The molecule has 14 heavy (non-hydrogen) atoms. The van der Waals surface area contributed by atoms with Crippen LogP contribution in [0.15, 0.2) is 0 Å². The van der Waals surface area contributed by atoms with Crippen molar-refractivity contribution in [3.05, 3.63) is 0 Å². The van der Waals surface area contributed by atoms with Crippen molar-refractivity contribution in [2.45, 2.75) is 66.5 Å². The summed E-state index contributed by atoms with van der Waals surface area (Å²) in [6.07, 6.45) is 2.77. The largest absolute Gasteiger partial charge is 0.312 e. The van der Waals surface area contributed by atoms with Crippen LogP contribution in [0.3, 0.4) is 0 Å². The molecule has 1 heteroatoms. The fraction of sp³-hybridized carbons (Fsp3) is 1.00. The van der Waals surface area contributed by atoms with Gasteiger partial charge in [-0.15, -0.1) is 0 Å². The highest BCUT2D eigenvalue weighted by Gasteiger charge is 2.45. The lowest BCUT2D eigenvalue weighted by molar-refractivity contribution is -0.0185. The average Bonchev–Trinajstić information content (AvgIpc) is 2.02. The van der Waals surface area contributed by atoms with Gasteiger partial charge >= 0.3 is 0 Å². The Kier molecular flexibility index (Phi) is 3.63. The topological polar surface area (TPSA) is 12.0 Å². The molecule has 3 unspecified atom stereocenters. The van der Waals surface area contributed by atoms with E-state index >= 15 is 0 Å². The summed E-state index contributed by atoms with van der Waals surface area (Å²) < 4.78 is 0. The first-order valence-electron chi connectivity index (χ1n) is 6.10. The van der Waals surface area contributed by atoms with E-state index in [0.29, 0.717) is 17.5 Å². The van der Waals surface area contributed by atoms with Crippen LogP contribution in [-0.4, -0.2) is 12.1 Å². The highest BCUT2D eigenvalue weighted by molar-refractivity contribution is 4.95. The molecule has 0 aliphatic heterocycles. The van der Waals surface area contributed by atoms with E-state index in [2.05, 4.69) is 46.9 Å². The van der Waals surface area contributed by atoms with Crippen molar-refractivity contribution in [2.24, 2.45) is 17.3 Å². The molecule has 0 radical (unpaired) electrons. The Bertz CT molecular complexity index is 184. The van der Waals surface area contributed by atoms with Crippen LogP contribution >= 0.6 is 0 Å². The van der Waals surface area contributed by atoms with Gasteiger partial charge in [-0.1, -0.05) is 34.6 Å². The Morgan fingerprint density at radius 1 is 1.29 bits per heavy atom. The van der Waals surface area contributed by atoms with E-state index in [1.54, 1.807) is 0 Å². The summed E-state index contributed by atoms with van der Waals surface area (Å²) in [5, 5.41) is 3.59. The number of hydrogen-bond donors (Lipinski definition) is 1. The first-order valence-corrected chi connectivity index (χ1v) is 6.10. The molecule has 0 spiro atoms. The maximum atomic E-state index is 3.59. The molecule has 0 heterocycles. The van der Waals surface area contributed by atoms with Crippen LogP contribution < -0.4 is 5.32 Å². The SMILES string of the molecule is CC(C)NC(C)CC1CC(C)C1(C)C. The van der Waals surface area contributed by atoms with E-state index in [1.165, 1.54) is 12.8 Å². The van der Waals surface area contributed by atoms with Crippen molar-refractivity contribution in [3.63, 3.8) is 0 Å².